The highest BCUT2D eigenvalue weighted by Crippen LogP contribution is 2.52. The number of benzene rings is 1. The fraction of sp³-hybridized carbons (Fsp3) is 0.619. The first kappa shape index (κ1) is 23.4. The molecule has 0 atom stereocenters. The maximum atomic E-state index is 14.3. The van der Waals surface area contributed by atoms with Gasteiger partial charge in [0.25, 0.3) is 11.8 Å². The Morgan fingerprint density at radius 1 is 1.19 bits per heavy atom. The van der Waals surface area contributed by atoms with Crippen LogP contribution < -0.4 is 10.0 Å². The number of alkyl halides is 2. The molecule has 0 spiro atoms. The topological polar surface area (TPSA) is 102 Å². The third-order valence-electron chi connectivity index (χ3n) is 6.71. The van der Waals surface area contributed by atoms with Gasteiger partial charge in [0.05, 0.1) is 22.7 Å². The van der Waals surface area contributed by atoms with Gasteiger partial charge in [0.2, 0.25) is 0 Å². The molecule has 3 saturated carbocycles. The summed E-state index contributed by atoms with van der Waals surface area (Å²) in [4.78, 5) is 13.2. The first-order valence-electron chi connectivity index (χ1n) is 10.3. The zero-order valence-corrected chi connectivity index (χ0v) is 18.8. The Kier molecular flexibility index (Phi) is 6.06. The van der Waals surface area contributed by atoms with Crippen molar-refractivity contribution in [1.29, 1.82) is 5.26 Å². The molecule has 170 valence electrons. The number of carbonyl (C=O) groups excluding carboxylic acids is 1. The van der Waals surface area contributed by atoms with E-state index in [1.807, 2.05) is 0 Å². The number of hydrogen-bond donors (Lipinski definition) is 2. The van der Waals surface area contributed by atoms with E-state index in [1.54, 1.807) is 0 Å². The fourth-order valence-corrected chi connectivity index (χ4v) is 4.97. The van der Waals surface area contributed by atoms with Crippen LogP contribution in [0.2, 0.25) is 0 Å². The fourth-order valence-electron chi connectivity index (χ4n) is 4.33. The van der Waals surface area contributed by atoms with Crippen LogP contribution in [0.4, 0.5) is 14.5 Å². The molecule has 0 saturated heterocycles. The third kappa shape index (κ3) is 4.53. The summed E-state index contributed by atoms with van der Waals surface area (Å²) in [6.07, 6.45) is 3.49. The summed E-state index contributed by atoms with van der Waals surface area (Å²) in [5.41, 5.74) is -1.38. The summed E-state index contributed by atoms with van der Waals surface area (Å²) >= 11 is 0. The molecule has 0 aromatic heterocycles. The van der Waals surface area contributed by atoms with Crippen LogP contribution in [0.15, 0.2) is 18.2 Å². The van der Waals surface area contributed by atoms with Crippen LogP contribution in [0, 0.1) is 16.7 Å². The van der Waals surface area contributed by atoms with Gasteiger partial charge in [-0.3, -0.25) is 9.52 Å². The van der Waals surface area contributed by atoms with Gasteiger partial charge >= 0.3 is 10.2 Å². The average Bonchev–Trinajstić information content (AvgIpc) is 2.74. The van der Waals surface area contributed by atoms with Crippen molar-refractivity contribution in [2.24, 2.45) is 5.41 Å². The van der Waals surface area contributed by atoms with Gasteiger partial charge in [0.15, 0.2) is 0 Å². The summed E-state index contributed by atoms with van der Waals surface area (Å²) in [5, 5.41) is 12.4. The standard InChI is InChI=1S/C21H28F2N4O3S/c1-4-21(22,23)15-5-6-17(26-31(29,30)27(2)3)16(13-15)18(28)25-20-10-7-19(14-24,8-11-20)9-12-20/h5-6,13,26H,4,7-12H2,1-3H3,(H,25,28). The van der Waals surface area contributed by atoms with E-state index in [4.69, 9.17) is 0 Å². The van der Waals surface area contributed by atoms with E-state index < -0.39 is 34.0 Å². The van der Waals surface area contributed by atoms with Crippen molar-refractivity contribution in [2.45, 2.75) is 63.3 Å². The minimum atomic E-state index is -3.94. The van der Waals surface area contributed by atoms with Crippen molar-refractivity contribution in [3.8, 4) is 6.07 Å². The molecule has 0 aliphatic heterocycles. The molecule has 31 heavy (non-hydrogen) atoms. The van der Waals surface area contributed by atoms with Crippen molar-refractivity contribution in [3.63, 3.8) is 0 Å². The number of amides is 1. The van der Waals surface area contributed by atoms with Crippen LogP contribution in [0.3, 0.4) is 0 Å². The van der Waals surface area contributed by atoms with Crippen molar-refractivity contribution in [3.05, 3.63) is 29.3 Å². The van der Waals surface area contributed by atoms with Crippen molar-refractivity contribution in [2.75, 3.05) is 18.8 Å². The number of rotatable bonds is 7. The summed E-state index contributed by atoms with van der Waals surface area (Å²) in [5.74, 6) is -3.74. The van der Waals surface area contributed by atoms with E-state index in [9.17, 15) is 27.3 Å². The second kappa shape index (κ2) is 8.02. The van der Waals surface area contributed by atoms with E-state index in [0.717, 1.165) is 16.4 Å². The highest BCUT2D eigenvalue weighted by atomic mass is 32.2. The summed E-state index contributed by atoms with van der Waals surface area (Å²) in [6, 6.07) is 5.81. The van der Waals surface area contributed by atoms with Crippen LogP contribution in [-0.4, -0.2) is 38.3 Å². The van der Waals surface area contributed by atoms with Crippen LogP contribution >= 0.6 is 0 Å². The van der Waals surface area contributed by atoms with Crippen molar-refractivity contribution < 1.29 is 22.0 Å². The molecule has 1 aromatic rings. The summed E-state index contributed by atoms with van der Waals surface area (Å²) in [7, 11) is -1.29. The maximum absolute atomic E-state index is 14.3. The molecule has 2 bridgehead atoms. The molecule has 10 heteroatoms. The number of nitriles is 1. The molecule has 7 nitrogen and oxygen atoms in total. The lowest BCUT2D eigenvalue weighted by molar-refractivity contribution is -0.00831. The molecule has 0 unspecified atom stereocenters. The number of anilines is 1. The number of nitrogens with zero attached hydrogens (tertiary/aromatic N) is 2. The zero-order chi connectivity index (χ0) is 23.1. The first-order chi connectivity index (χ1) is 14.4. The lowest BCUT2D eigenvalue weighted by Gasteiger charge is -2.50. The molecule has 3 aliphatic rings. The minimum absolute atomic E-state index is 0.0590. The summed E-state index contributed by atoms with van der Waals surface area (Å²) in [6.45, 7) is 1.34. The number of fused-ring (bicyclic) bond motifs is 3. The van der Waals surface area contributed by atoms with Crippen LogP contribution in [0.5, 0.6) is 0 Å². The van der Waals surface area contributed by atoms with Gasteiger partial charge in [-0.2, -0.15) is 18.0 Å². The summed E-state index contributed by atoms with van der Waals surface area (Å²) < 4.78 is 56.5. The second-order valence-corrected chi connectivity index (χ2v) is 10.7. The van der Waals surface area contributed by atoms with E-state index in [2.05, 4.69) is 16.1 Å². The smallest absolute Gasteiger partial charge is 0.301 e. The molecule has 2 N–H and O–H groups in total. The van der Waals surface area contributed by atoms with Crippen LogP contribution in [-0.2, 0) is 16.1 Å². The number of nitrogens with one attached hydrogen (secondary N) is 2. The average molecular weight is 455 g/mol. The van der Waals surface area contributed by atoms with Gasteiger partial charge < -0.3 is 5.32 Å². The number of halogens is 2. The molecule has 3 fully saturated rings. The van der Waals surface area contributed by atoms with Crippen molar-refractivity contribution >= 4 is 21.8 Å². The first-order valence-corrected chi connectivity index (χ1v) is 11.8. The Hall–Kier alpha value is -2.25. The Labute approximate surface area is 182 Å². The zero-order valence-electron chi connectivity index (χ0n) is 18.0. The molecule has 0 radical (unpaired) electrons. The highest BCUT2D eigenvalue weighted by Gasteiger charge is 2.49. The van der Waals surface area contributed by atoms with E-state index in [0.29, 0.717) is 38.5 Å². The second-order valence-electron chi connectivity index (χ2n) is 8.83. The molecule has 0 heterocycles. The monoisotopic (exact) mass is 454 g/mol. The molecular formula is C21H28F2N4O3S. The third-order valence-corrected chi connectivity index (χ3v) is 8.15. The van der Waals surface area contributed by atoms with Crippen LogP contribution in [0.1, 0.15) is 67.8 Å². The van der Waals surface area contributed by atoms with Gasteiger partial charge in [-0.1, -0.05) is 13.0 Å². The highest BCUT2D eigenvalue weighted by molar-refractivity contribution is 7.90. The Balaban J connectivity index is 1.94. The maximum Gasteiger partial charge on any atom is 0.301 e. The van der Waals surface area contributed by atoms with Gasteiger partial charge in [0, 0.05) is 31.6 Å². The molecule has 1 aromatic carbocycles. The predicted molar refractivity (Wildman–Crippen MR) is 113 cm³/mol. The number of hydrogen-bond acceptors (Lipinski definition) is 4. The largest absolute Gasteiger partial charge is 0.347 e. The Morgan fingerprint density at radius 3 is 2.26 bits per heavy atom. The van der Waals surface area contributed by atoms with Crippen molar-refractivity contribution in [1.82, 2.24) is 9.62 Å². The molecule has 1 amide bonds. The quantitative estimate of drug-likeness (QED) is 0.655. The van der Waals surface area contributed by atoms with Gasteiger partial charge in [-0.15, -0.1) is 0 Å². The van der Waals surface area contributed by atoms with Crippen LogP contribution in [0.25, 0.3) is 0 Å². The molecule has 4 rings (SSSR count). The number of carbonyl (C=O) groups is 1. The van der Waals surface area contributed by atoms with Gasteiger partial charge in [-0.05, 0) is 50.7 Å². The van der Waals surface area contributed by atoms with Gasteiger partial charge in [-0.25, -0.2) is 8.78 Å². The van der Waals surface area contributed by atoms with E-state index in [-0.39, 0.29) is 22.2 Å². The normalized spacial score (nSPS) is 25.8. The van der Waals surface area contributed by atoms with Gasteiger partial charge in [0.1, 0.15) is 0 Å². The molecular weight excluding hydrogens is 426 g/mol. The SMILES string of the molecule is CCC(F)(F)c1ccc(NS(=O)(=O)N(C)C)c(C(=O)NC23CCC(C#N)(CC2)CC3)c1. The van der Waals surface area contributed by atoms with E-state index in [1.165, 1.54) is 27.1 Å². The molecule has 3 aliphatic carbocycles. The lowest BCUT2D eigenvalue weighted by atomic mass is 9.58. The predicted octanol–water partition coefficient (Wildman–Crippen LogP) is 3.75. The Morgan fingerprint density at radius 2 is 1.77 bits per heavy atom. The lowest BCUT2D eigenvalue weighted by Crippen LogP contribution is -2.56. The minimum Gasteiger partial charge on any atom is -0.347 e. The Bertz CT molecular complexity index is 993. The van der Waals surface area contributed by atoms with E-state index >= 15 is 0 Å².